The minimum absolute atomic E-state index is 0.336. The Morgan fingerprint density at radius 2 is 2.38 bits per heavy atom. The van der Waals surface area contributed by atoms with Gasteiger partial charge in [0.2, 0.25) is 0 Å². The molecular formula is C12H16O. The van der Waals surface area contributed by atoms with Crippen molar-refractivity contribution in [1.29, 1.82) is 0 Å². The van der Waals surface area contributed by atoms with Crippen molar-refractivity contribution in [1.82, 2.24) is 0 Å². The van der Waals surface area contributed by atoms with E-state index >= 15 is 0 Å². The van der Waals surface area contributed by atoms with Crippen LogP contribution in [0.4, 0.5) is 0 Å². The smallest absolute Gasteiger partial charge is 0.156 e. The molecule has 2 unspecified atom stereocenters. The molecule has 0 aromatic carbocycles. The quantitative estimate of drug-likeness (QED) is 0.561. The minimum atomic E-state index is 0.336. The molecule has 70 valence electrons. The molecule has 0 N–H and O–H groups in total. The third-order valence-electron chi connectivity index (χ3n) is 3.37. The average molecular weight is 176 g/mol. The molecule has 2 aliphatic carbocycles. The zero-order valence-electron chi connectivity index (χ0n) is 8.18. The number of carbonyl (C=O) groups excluding carboxylic acids is 1. The van der Waals surface area contributed by atoms with Crippen LogP contribution in [0.2, 0.25) is 0 Å². The van der Waals surface area contributed by atoms with Crippen molar-refractivity contribution in [2.75, 3.05) is 0 Å². The van der Waals surface area contributed by atoms with Crippen LogP contribution in [0.25, 0.3) is 0 Å². The fourth-order valence-electron chi connectivity index (χ4n) is 2.52. The molecule has 1 fully saturated rings. The van der Waals surface area contributed by atoms with Crippen LogP contribution in [0, 0.1) is 11.8 Å². The van der Waals surface area contributed by atoms with Gasteiger partial charge in [-0.2, -0.15) is 0 Å². The molecule has 2 atom stereocenters. The van der Waals surface area contributed by atoms with Crippen LogP contribution < -0.4 is 0 Å². The van der Waals surface area contributed by atoms with E-state index in [1.807, 2.05) is 6.08 Å². The normalized spacial score (nSPS) is 32.7. The Bertz CT molecular complexity index is 285. The molecule has 0 saturated heterocycles. The molecule has 0 radical (unpaired) electrons. The van der Waals surface area contributed by atoms with Crippen molar-refractivity contribution in [2.24, 2.45) is 11.8 Å². The Kier molecular flexibility index (Phi) is 2.10. The van der Waals surface area contributed by atoms with Crippen molar-refractivity contribution in [3.63, 3.8) is 0 Å². The van der Waals surface area contributed by atoms with Gasteiger partial charge in [-0.3, -0.25) is 4.79 Å². The predicted molar refractivity (Wildman–Crippen MR) is 53.4 cm³/mol. The lowest BCUT2D eigenvalue weighted by Crippen LogP contribution is -2.16. The summed E-state index contributed by atoms with van der Waals surface area (Å²) in [6.07, 6.45) is 6.12. The van der Waals surface area contributed by atoms with Crippen molar-refractivity contribution in [3.05, 3.63) is 23.8 Å². The molecule has 0 aromatic rings. The Labute approximate surface area is 79.5 Å². The van der Waals surface area contributed by atoms with Gasteiger partial charge in [0.25, 0.3) is 0 Å². The first-order valence-corrected chi connectivity index (χ1v) is 5.05. The molecule has 13 heavy (non-hydrogen) atoms. The largest absolute Gasteiger partial charge is 0.295 e. The summed E-state index contributed by atoms with van der Waals surface area (Å²) in [4.78, 5) is 11.2. The van der Waals surface area contributed by atoms with Gasteiger partial charge in [0, 0.05) is 6.42 Å². The van der Waals surface area contributed by atoms with Gasteiger partial charge in [-0.15, -0.1) is 0 Å². The topological polar surface area (TPSA) is 17.1 Å². The van der Waals surface area contributed by atoms with E-state index in [0.29, 0.717) is 17.6 Å². The average Bonchev–Trinajstić information content (AvgIpc) is 2.42. The lowest BCUT2D eigenvalue weighted by Gasteiger charge is -2.28. The lowest BCUT2D eigenvalue weighted by molar-refractivity contribution is -0.114. The summed E-state index contributed by atoms with van der Waals surface area (Å²) in [5.74, 6) is 1.55. The van der Waals surface area contributed by atoms with Gasteiger partial charge in [-0.25, -0.2) is 0 Å². The maximum Gasteiger partial charge on any atom is 0.156 e. The zero-order chi connectivity index (χ0) is 9.42. The van der Waals surface area contributed by atoms with Crippen LogP contribution in [0.1, 0.15) is 32.6 Å². The summed E-state index contributed by atoms with van der Waals surface area (Å²) in [5.41, 5.74) is 2.70. The van der Waals surface area contributed by atoms with Crippen LogP contribution in [-0.4, -0.2) is 5.78 Å². The van der Waals surface area contributed by atoms with E-state index in [1.54, 1.807) is 0 Å². The molecule has 0 aliphatic heterocycles. The Morgan fingerprint density at radius 3 is 3.08 bits per heavy atom. The summed E-state index contributed by atoms with van der Waals surface area (Å²) in [6, 6.07) is 0. The monoisotopic (exact) mass is 176 g/mol. The molecule has 0 spiro atoms. The highest BCUT2D eigenvalue weighted by Crippen LogP contribution is 2.41. The third-order valence-corrected chi connectivity index (χ3v) is 3.37. The van der Waals surface area contributed by atoms with E-state index in [-0.39, 0.29) is 0 Å². The lowest BCUT2D eigenvalue weighted by atomic mass is 9.76. The minimum Gasteiger partial charge on any atom is -0.295 e. The molecule has 0 bridgehead atoms. The van der Waals surface area contributed by atoms with Gasteiger partial charge in [0.15, 0.2) is 5.78 Å². The van der Waals surface area contributed by atoms with Crippen LogP contribution in [0.5, 0.6) is 0 Å². The number of hydrogen-bond donors (Lipinski definition) is 0. The third kappa shape index (κ3) is 1.60. The summed E-state index contributed by atoms with van der Waals surface area (Å²) >= 11 is 0. The van der Waals surface area contributed by atoms with E-state index < -0.39 is 0 Å². The first-order valence-electron chi connectivity index (χ1n) is 5.05. The number of ketones is 1. The highest BCUT2D eigenvalue weighted by atomic mass is 16.1. The first-order chi connectivity index (χ1) is 6.16. The Hall–Kier alpha value is -0.850. The van der Waals surface area contributed by atoms with E-state index in [2.05, 4.69) is 13.5 Å². The molecule has 2 aliphatic rings. The van der Waals surface area contributed by atoms with Crippen molar-refractivity contribution < 1.29 is 4.79 Å². The molecule has 0 amide bonds. The van der Waals surface area contributed by atoms with Crippen LogP contribution in [0.15, 0.2) is 23.8 Å². The number of hydrogen-bond acceptors (Lipinski definition) is 1. The van der Waals surface area contributed by atoms with E-state index in [0.717, 1.165) is 19.3 Å². The molecule has 2 rings (SSSR count). The SMILES string of the molecule is C=C(C)C1CCC2=CC(=O)CC2C1. The van der Waals surface area contributed by atoms with Crippen LogP contribution in [0.3, 0.4) is 0 Å². The maximum absolute atomic E-state index is 11.2. The first kappa shape index (κ1) is 8.74. The highest BCUT2D eigenvalue weighted by Gasteiger charge is 2.31. The van der Waals surface area contributed by atoms with Gasteiger partial charge >= 0.3 is 0 Å². The van der Waals surface area contributed by atoms with Crippen LogP contribution >= 0.6 is 0 Å². The van der Waals surface area contributed by atoms with E-state index in [1.165, 1.54) is 17.6 Å². The Morgan fingerprint density at radius 1 is 1.62 bits per heavy atom. The maximum atomic E-state index is 11.2. The second-order valence-corrected chi connectivity index (χ2v) is 4.40. The number of allylic oxidation sites excluding steroid dienone is 3. The van der Waals surface area contributed by atoms with Crippen molar-refractivity contribution in [2.45, 2.75) is 32.6 Å². The summed E-state index contributed by atoms with van der Waals surface area (Å²) < 4.78 is 0. The molecular weight excluding hydrogens is 160 g/mol. The van der Waals surface area contributed by atoms with E-state index in [4.69, 9.17) is 0 Å². The second kappa shape index (κ2) is 3.13. The second-order valence-electron chi connectivity index (χ2n) is 4.40. The van der Waals surface area contributed by atoms with Crippen molar-refractivity contribution >= 4 is 5.78 Å². The predicted octanol–water partition coefficient (Wildman–Crippen LogP) is 2.88. The molecule has 1 saturated carbocycles. The molecule has 0 aromatic heterocycles. The van der Waals surface area contributed by atoms with Gasteiger partial charge in [0.05, 0.1) is 0 Å². The fraction of sp³-hybridized carbons (Fsp3) is 0.583. The summed E-state index contributed by atoms with van der Waals surface area (Å²) in [7, 11) is 0. The number of carbonyl (C=O) groups is 1. The summed E-state index contributed by atoms with van der Waals surface area (Å²) in [6.45, 7) is 6.11. The molecule has 1 nitrogen and oxygen atoms in total. The van der Waals surface area contributed by atoms with E-state index in [9.17, 15) is 4.79 Å². The van der Waals surface area contributed by atoms with Gasteiger partial charge in [-0.05, 0) is 44.1 Å². The molecule has 0 heterocycles. The number of fused-ring (bicyclic) bond motifs is 1. The zero-order valence-corrected chi connectivity index (χ0v) is 8.18. The number of rotatable bonds is 1. The van der Waals surface area contributed by atoms with Crippen molar-refractivity contribution in [3.8, 4) is 0 Å². The summed E-state index contributed by atoms with van der Waals surface area (Å²) in [5, 5.41) is 0. The molecule has 1 heteroatoms. The van der Waals surface area contributed by atoms with Crippen LogP contribution in [-0.2, 0) is 4.79 Å². The highest BCUT2D eigenvalue weighted by molar-refractivity contribution is 5.93. The fourth-order valence-corrected chi connectivity index (χ4v) is 2.52. The van der Waals surface area contributed by atoms with Gasteiger partial charge in [0.1, 0.15) is 0 Å². The van der Waals surface area contributed by atoms with Gasteiger partial charge in [-0.1, -0.05) is 17.7 Å². The van der Waals surface area contributed by atoms with Gasteiger partial charge < -0.3 is 0 Å². The standard InChI is InChI=1S/C12H16O/c1-8(2)9-3-4-10-6-12(13)7-11(10)5-9/h6,9,11H,1,3-5,7H2,2H3. The Balaban J connectivity index is 2.08.